The molecule has 0 bridgehead atoms. The third kappa shape index (κ3) is 2.04. The summed E-state index contributed by atoms with van der Waals surface area (Å²) < 4.78 is 0. The van der Waals surface area contributed by atoms with Gasteiger partial charge in [0.25, 0.3) is 0 Å². The van der Waals surface area contributed by atoms with E-state index in [9.17, 15) is 9.59 Å². The van der Waals surface area contributed by atoms with Crippen LogP contribution in [0.4, 0.5) is 0 Å². The molecule has 0 saturated carbocycles. The van der Waals surface area contributed by atoms with Gasteiger partial charge in [0.2, 0.25) is 0 Å². The molecule has 5 nitrogen and oxygen atoms in total. The van der Waals surface area contributed by atoms with Crippen LogP contribution >= 0.6 is 0 Å². The molecule has 0 spiro atoms. The van der Waals surface area contributed by atoms with E-state index in [1.165, 1.54) is 0 Å². The molecule has 0 aromatic heterocycles. The Balaban J connectivity index is 2.77. The van der Waals surface area contributed by atoms with Crippen LogP contribution in [0.1, 0.15) is 26.7 Å². The van der Waals surface area contributed by atoms with Gasteiger partial charge in [-0.05, 0) is 18.3 Å². The van der Waals surface area contributed by atoms with E-state index in [1.807, 2.05) is 13.8 Å². The molecular weight excluding hydrogens is 186 g/mol. The third-order valence-electron chi connectivity index (χ3n) is 2.77. The van der Waals surface area contributed by atoms with Crippen LogP contribution in [0.25, 0.3) is 0 Å². The SMILES string of the molecule is CC1(C)CC[C@@H](C(=O)O)NC1C(=O)O. The number of aliphatic carboxylic acids is 2. The number of carboxylic acid groups (broad SMARTS) is 2. The van der Waals surface area contributed by atoms with Crippen molar-refractivity contribution in [2.75, 3.05) is 0 Å². The maximum absolute atomic E-state index is 10.9. The Bertz CT molecular complexity index is 262. The molecular formula is C9H15NO4. The van der Waals surface area contributed by atoms with E-state index < -0.39 is 29.4 Å². The summed E-state index contributed by atoms with van der Waals surface area (Å²) in [6, 6.07) is -1.51. The van der Waals surface area contributed by atoms with Crippen molar-refractivity contribution in [1.82, 2.24) is 5.32 Å². The quantitative estimate of drug-likeness (QED) is 0.598. The lowest BCUT2D eigenvalue weighted by atomic mass is 9.75. The molecule has 1 aliphatic heterocycles. The lowest BCUT2D eigenvalue weighted by molar-refractivity contribution is -0.147. The largest absolute Gasteiger partial charge is 0.480 e. The molecule has 0 aromatic carbocycles. The molecule has 80 valence electrons. The zero-order chi connectivity index (χ0) is 10.9. The normalized spacial score (nSPS) is 31.0. The first kappa shape index (κ1) is 11.0. The van der Waals surface area contributed by atoms with Gasteiger partial charge in [-0.1, -0.05) is 13.8 Å². The first-order chi connectivity index (χ1) is 6.34. The minimum Gasteiger partial charge on any atom is -0.480 e. The molecule has 2 atom stereocenters. The highest BCUT2D eigenvalue weighted by molar-refractivity contribution is 5.78. The van der Waals surface area contributed by atoms with Crippen molar-refractivity contribution in [2.45, 2.75) is 38.8 Å². The number of carbonyl (C=O) groups is 2. The van der Waals surface area contributed by atoms with Crippen LogP contribution in [0.15, 0.2) is 0 Å². The standard InChI is InChI=1S/C9H15NO4/c1-9(2)4-3-5(7(11)12)10-6(9)8(13)14/h5-6,10H,3-4H2,1-2H3,(H,11,12)(H,13,14)/t5-,6?/m0/s1. The molecule has 3 N–H and O–H groups in total. The Morgan fingerprint density at radius 1 is 1.29 bits per heavy atom. The van der Waals surface area contributed by atoms with Gasteiger partial charge in [0.05, 0.1) is 0 Å². The average molecular weight is 201 g/mol. The lowest BCUT2D eigenvalue weighted by Crippen LogP contribution is -2.58. The van der Waals surface area contributed by atoms with Crippen molar-refractivity contribution >= 4 is 11.9 Å². The van der Waals surface area contributed by atoms with Gasteiger partial charge in [-0.25, -0.2) is 0 Å². The van der Waals surface area contributed by atoms with Crippen molar-refractivity contribution in [3.05, 3.63) is 0 Å². The lowest BCUT2D eigenvalue weighted by Gasteiger charge is -2.39. The van der Waals surface area contributed by atoms with Gasteiger partial charge < -0.3 is 10.2 Å². The Morgan fingerprint density at radius 3 is 2.29 bits per heavy atom. The van der Waals surface area contributed by atoms with Crippen LogP contribution in [0.2, 0.25) is 0 Å². The number of hydrogen-bond donors (Lipinski definition) is 3. The average Bonchev–Trinajstić information content (AvgIpc) is 2.02. The van der Waals surface area contributed by atoms with E-state index >= 15 is 0 Å². The molecule has 0 radical (unpaired) electrons. The van der Waals surface area contributed by atoms with Crippen molar-refractivity contribution in [1.29, 1.82) is 0 Å². The second-order valence-corrected chi connectivity index (χ2v) is 4.36. The summed E-state index contributed by atoms with van der Waals surface area (Å²) in [5, 5.41) is 20.3. The maximum atomic E-state index is 10.9. The second-order valence-electron chi connectivity index (χ2n) is 4.36. The van der Waals surface area contributed by atoms with E-state index in [0.717, 1.165) is 0 Å². The molecule has 14 heavy (non-hydrogen) atoms. The van der Waals surface area contributed by atoms with Crippen molar-refractivity contribution in [3.8, 4) is 0 Å². The Morgan fingerprint density at radius 2 is 1.86 bits per heavy atom. The molecule has 1 aliphatic rings. The molecule has 1 fully saturated rings. The molecule has 0 amide bonds. The molecule has 1 rings (SSSR count). The van der Waals surface area contributed by atoms with E-state index in [0.29, 0.717) is 12.8 Å². The van der Waals surface area contributed by atoms with Crippen molar-refractivity contribution < 1.29 is 19.8 Å². The fourth-order valence-corrected chi connectivity index (χ4v) is 1.77. The molecule has 0 aliphatic carbocycles. The van der Waals surface area contributed by atoms with Gasteiger partial charge in [-0.2, -0.15) is 0 Å². The van der Waals surface area contributed by atoms with Crippen LogP contribution in [0, 0.1) is 5.41 Å². The fraction of sp³-hybridized carbons (Fsp3) is 0.778. The van der Waals surface area contributed by atoms with E-state index in [1.54, 1.807) is 0 Å². The maximum Gasteiger partial charge on any atom is 0.321 e. The first-order valence-corrected chi connectivity index (χ1v) is 4.56. The number of hydrogen-bond acceptors (Lipinski definition) is 3. The van der Waals surface area contributed by atoms with Crippen LogP contribution in [-0.4, -0.2) is 34.2 Å². The van der Waals surface area contributed by atoms with Crippen LogP contribution in [-0.2, 0) is 9.59 Å². The minimum absolute atomic E-state index is 0.391. The van der Waals surface area contributed by atoms with E-state index in [2.05, 4.69) is 5.32 Å². The zero-order valence-electron chi connectivity index (χ0n) is 8.28. The van der Waals surface area contributed by atoms with E-state index in [-0.39, 0.29) is 0 Å². The molecule has 5 heteroatoms. The van der Waals surface area contributed by atoms with Gasteiger partial charge in [0.15, 0.2) is 0 Å². The molecule has 1 unspecified atom stereocenters. The van der Waals surface area contributed by atoms with Gasteiger partial charge >= 0.3 is 11.9 Å². The number of piperidine rings is 1. The van der Waals surface area contributed by atoms with Gasteiger partial charge in [0, 0.05) is 0 Å². The summed E-state index contributed by atoms with van der Waals surface area (Å²) in [5.74, 6) is -1.97. The number of rotatable bonds is 2. The summed E-state index contributed by atoms with van der Waals surface area (Å²) in [7, 11) is 0. The highest BCUT2D eigenvalue weighted by Gasteiger charge is 2.42. The molecule has 1 saturated heterocycles. The highest BCUT2D eigenvalue weighted by Crippen LogP contribution is 2.32. The zero-order valence-corrected chi connectivity index (χ0v) is 8.28. The summed E-state index contributed by atoms with van der Waals surface area (Å²) in [4.78, 5) is 21.6. The smallest absolute Gasteiger partial charge is 0.321 e. The summed E-state index contributed by atoms with van der Waals surface area (Å²) in [5.41, 5.74) is -0.391. The second kappa shape index (κ2) is 3.57. The van der Waals surface area contributed by atoms with Crippen LogP contribution in [0.3, 0.4) is 0 Å². The van der Waals surface area contributed by atoms with Crippen LogP contribution in [0.5, 0.6) is 0 Å². The Labute approximate surface area is 82.1 Å². The Hall–Kier alpha value is -1.10. The van der Waals surface area contributed by atoms with Crippen molar-refractivity contribution in [2.24, 2.45) is 5.41 Å². The Kier molecular flexibility index (Phi) is 2.80. The predicted octanol–water partition coefficient (Wildman–Crippen LogP) is 0.302. The van der Waals surface area contributed by atoms with Gasteiger partial charge in [-0.3, -0.25) is 14.9 Å². The van der Waals surface area contributed by atoms with Gasteiger partial charge in [0.1, 0.15) is 12.1 Å². The monoisotopic (exact) mass is 201 g/mol. The molecule has 0 aromatic rings. The fourth-order valence-electron chi connectivity index (χ4n) is 1.77. The van der Waals surface area contributed by atoms with E-state index in [4.69, 9.17) is 10.2 Å². The number of carboxylic acids is 2. The molecule has 1 heterocycles. The minimum atomic E-state index is -0.985. The summed E-state index contributed by atoms with van der Waals surface area (Å²) >= 11 is 0. The first-order valence-electron chi connectivity index (χ1n) is 4.56. The summed E-state index contributed by atoms with van der Waals surface area (Å²) in [6.07, 6.45) is 1.08. The van der Waals surface area contributed by atoms with Gasteiger partial charge in [-0.15, -0.1) is 0 Å². The van der Waals surface area contributed by atoms with Crippen LogP contribution < -0.4 is 5.32 Å². The highest BCUT2D eigenvalue weighted by atomic mass is 16.4. The predicted molar refractivity (Wildman–Crippen MR) is 49.0 cm³/mol. The third-order valence-corrected chi connectivity index (χ3v) is 2.77. The summed E-state index contributed by atoms with van der Waals surface area (Å²) in [6.45, 7) is 3.66. The topological polar surface area (TPSA) is 86.6 Å². The number of nitrogens with one attached hydrogen (secondary N) is 1. The van der Waals surface area contributed by atoms with Crippen molar-refractivity contribution in [3.63, 3.8) is 0 Å².